The average Bonchev–Trinajstić information content (AvgIpc) is 2.68. The first-order valence-electron chi connectivity index (χ1n) is 8.74. The molecule has 1 aliphatic heterocycles. The van der Waals surface area contributed by atoms with Crippen LogP contribution >= 0.6 is 11.6 Å². The second-order valence-corrected chi connectivity index (χ2v) is 8.81. The Bertz CT molecular complexity index is 1050. The van der Waals surface area contributed by atoms with Gasteiger partial charge < -0.3 is 20.1 Å². The van der Waals surface area contributed by atoms with Gasteiger partial charge in [-0.15, -0.1) is 0 Å². The van der Waals surface area contributed by atoms with Gasteiger partial charge in [-0.25, -0.2) is 8.42 Å². The number of benzene rings is 2. The number of nitrogens with one attached hydrogen (secondary N) is 2. The lowest BCUT2D eigenvalue weighted by Gasteiger charge is -2.18. The number of fused-ring (bicyclic) bond motifs is 1. The van der Waals surface area contributed by atoms with Crippen molar-refractivity contribution in [3.05, 3.63) is 41.4 Å². The zero-order valence-electron chi connectivity index (χ0n) is 15.5. The second-order valence-electron chi connectivity index (χ2n) is 6.30. The lowest BCUT2D eigenvalue weighted by Crippen LogP contribution is -2.18. The van der Waals surface area contributed by atoms with Crippen molar-refractivity contribution in [2.24, 2.45) is 0 Å². The summed E-state index contributed by atoms with van der Waals surface area (Å²) in [6.07, 6.45) is -0.234. The van der Waals surface area contributed by atoms with E-state index in [9.17, 15) is 18.0 Å². The minimum Gasteiger partial charge on any atom is -0.486 e. The lowest BCUT2D eigenvalue weighted by molar-refractivity contribution is -0.116. The number of ether oxygens (including phenoxy) is 2. The molecule has 0 aromatic heterocycles. The lowest BCUT2D eigenvalue weighted by atomic mass is 10.2. The highest BCUT2D eigenvalue weighted by atomic mass is 35.5. The molecule has 0 spiro atoms. The van der Waals surface area contributed by atoms with E-state index < -0.39 is 15.7 Å². The normalized spacial score (nSPS) is 12.9. The number of carbonyl (C=O) groups is 2. The summed E-state index contributed by atoms with van der Waals surface area (Å²) < 4.78 is 35.9. The molecule has 0 unspecified atom stereocenters. The van der Waals surface area contributed by atoms with E-state index in [1.54, 1.807) is 18.2 Å². The maximum absolute atomic E-state index is 12.5. The van der Waals surface area contributed by atoms with Gasteiger partial charge in [0.05, 0.1) is 21.4 Å². The van der Waals surface area contributed by atoms with Crippen LogP contribution in [0, 0.1) is 0 Å². The number of amides is 2. The summed E-state index contributed by atoms with van der Waals surface area (Å²) in [4.78, 5) is 23.3. The topological polar surface area (TPSA) is 111 Å². The van der Waals surface area contributed by atoms with Gasteiger partial charge in [-0.05, 0) is 30.3 Å². The molecular formula is C19H19ClN2O6S. The van der Waals surface area contributed by atoms with Crippen molar-refractivity contribution in [1.82, 2.24) is 0 Å². The van der Waals surface area contributed by atoms with Crippen LogP contribution in [-0.2, 0) is 19.4 Å². The van der Waals surface area contributed by atoms with Gasteiger partial charge in [-0.1, -0.05) is 11.6 Å². The van der Waals surface area contributed by atoms with Crippen molar-refractivity contribution in [1.29, 1.82) is 0 Å². The van der Waals surface area contributed by atoms with Gasteiger partial charge in [0.25, 0.3) is 0 Å². The van der Waals surface area contributed by atoms with Crippen LogP contribution in [0.5, 0.6) is 11.5 Å². The SMILES string of the molecule is CC(=O)Nc1ccc(NC(=O)CCS(=O)(=O)c2ccc3c(c2)OCCO3)cc1Cl. The van der Waals surface area contributed by atoms with E-state index in [1.165, 1.54) is 25.1 Å². The number of carbonyl (C=O) groups excluding carboxylic acids is 2. The number of hydrogen-bond donors (Lipinski definition) is 2. The summed E-state index contributed by atoms with van der Waals surface area (Å²) in [6.45, 7) is 2.12. The molecule has 0 fully saturated rings. The Hall–Kier alpha value is -2.78. The average molecular weight is 439 g/mol. The molecule has 10 heteroatoms. The zero-order chi connectivity index (χ0) is 21.0. The molecule has 0 saturated heterocycles. The van der Waals surface area contributed by atoms with Crippen molar-refractivity contribution in [3.8, 4) is 11.5 Å². The Kier molecular flexibility index (Phi) is 6.29. The molecule has 2 amide bonds. The highest BCUT2D eigenvalue weighted by molar-refractivity contribution is 7.91. The molecule has 3 rings (SSSR count). The highest BCUT2D eigenvalue weighted by Gasteiger charge is 2.20. The molecule has 0 radical (unpaired) electrons. The molecule has 29 heavy (non-hydrogen) atoms. The van der Waals surface area contributed by atoms with Gasteiger partial charge in [0.1, 0.15) is 13.2 Å². The molecule has 2 aromatic carbocycles. The van der Waals surface area contributed by atoms with E-state index in [1.807, 2.05) is 0 Å². The predicted octanol–water partition coefficient (Wildman–Crippen LogP) is 2.87. The molecule has 8 nitrogen and oxygen atoms in total. The Balaban J connectivity index is 1.61. The summed E-state index contributed by atoms with van der Waals surface area (Å²) >= 11 is 6.06. The van der Waals surface area contributed by atoms with Crippen LogP contribution in [0.3, 0.4) is 0 Å². The zero-order valence-corrected chi connectivity index (χ0v) is 17.1. The van der Waals surface area contributed by atoms with E-state index >= 15 is 0 Å². The van der Waals surface area contributed by atoms with Crippen LogP contribution in [0.1, 0.15) is 13.3 Å². The summed E-state index contributed by atoms with van der Waals surface area (Å²) in [5.74, 6) is -0.249. The van der Waals surface area contributed by atoms with Crippen LogP contribution in [0.2, 0.25) is 5.02 Å². The molecule has 0 aliphatic carbocycles. The van der Waals surface area contributed by atoms with Gasteiger partial charge >= 0.3 is 0 Å². The molecule has 0 atom stereocenters. The Morgan fingerprint density at radius 2 is 1.76 bits per heavy atom. The number of rotatable bonds is 6. The monoisotopic (exact) mass is 438 g/mol. The smallest absolute Gasteiger partial charge is 0.225 e. The summed E-state index contributed by atoms with van der Waals surface area (Å²) in [5, 5.41) is 5.40. The number of hydrogen-bond acceptors (Lipinski definition) is 6. The van der Waals surface area contributed by atoms with E-state index in [0.29, 0.717) is 36.1 Å². The molecule has 1 heterocycles. The minimum absolute atomic E-state index is 0.0669. The first-order valence-corrected chi connectivity index (χ1v) is 10.8. The standard InChI is InChI=1S/C19H19ClN2O6S/c1-12(23)21-16-4-2-13(10-15(16)20)22-19(24)6-9-29(25,26)14-3-5-17-18(11-14)28-8-7-27-17/h2-5,10-11H,6-9H2,1H3,(H,21,23)(H,22,24). The maximum atomic E-state index is 12.5. The number of anilines is 2. The van der Waals surface area contributed by atoms with E-state index in [4.69, 9.17) is 21.1 Å². The van der Waals surface area contributed by atoms with Gasteiger partial charge in [0.15, 0.2) is 21.3 Å². The van der Waals surface area contributed by atoms with Crippen molar-refractivity contribution >= 4 is 44.6 Å². The predicted molar refractivity (Wildman–Crippen MR) is 108 cm³/mol. The second kappa shape index (κ2) is 8.71. The number of halogens is 1. The van der Waals surface area contributed by atoms with Gasteiger partial charge in [0, 0.05) is 25.1 Å². The maximum Gasteiger partial charge on any atom is 0.225 e. The third-order valence-electron chi connectivity index (χ3n) is 4.03. The van der Waals surface area contributed by atoms with E-state index in [2.05, 4.69) is 10.6 Å². The first-order chi connectivity index (χ1) is 13.7. The molecular weight excluding hydrogens is 420 g/mol. The third kappa shape index (κ3) is 5.39. The van der Waals surface area contributed by atoms with Crippen LogP contribution in [0.15, 0.2) is 41.3 Å². The summed E-state index contributed by atoms with van der Waals surface area (Å²) in [7, 11) is -3.68. The quantitative estimate of drug-likeness (QED) is 0.717. The van der Waals surface area contributed by atoms with Gasteiger partial charge in [-0.2, -0.15) is 0 Å². The summed E-state index contributed by atoms with van der Waals surface area (Å²) in [5.41, 5.74) is 0.809. The van der Waals surface area contributed by atoms with Crippen molar-refractivity contribution < 1.29 is 27.5 Å². The molecule has 2 N–H and O–H groups in total. The molecule has 0 saturated carbocycles. The van der Waals surface area contributed by atoms with E-state index in [-0.39, 0.29) is 28.0 Å². The van der Waals surface area contributed by atoms with Crippen LogP contribution in [-0.4, -0.2) is 39.2 Å². The van der Waals surface area contributed by atoms with Crippen LogP contribution in [0.25, 0.3) is 0 Å². The largest absolute Gasteiger partial charge is 0.486 e. The fraction of sp³-hybridized carbons (Fsp3) is 0.263. The first kappa shape index (κ1) is 20.9. The Morgan fingerprint density at radius 1 is 1.03 bits per heavy atom. The molecule has 2 aromatic rings. The number of sulfone groups is 1. The van der Waals surface area contributed by atoms with Crippen LogP contribution in [0.4, 0.5) is 11.4 Å². The van der Waals surface area contributed by atoms with Crippen molar-refractivity contribution in [2.75, 3.05) is 29.6 Å². The van der Waals surface area contributed by atoms with Gasteiger partial charge in [0.2, 0.25) is 11.8 Å². The van der Waals surface area contributed by atoms with E-state index in [0.717, 1.165) is 0 Å². The Labute approximate surface area is 173 Å². The van der Waals surface area contributed by atoms with Crippen molar-refractivity contribution in [3.63, 3.8) is 0 Å². The van der Waals surface area contributed by atoms with Crippen LogP contribution < -0.4 is 20.1 Å². The molecule has 1 aliphatic rings. The summed E-state index contributed by atoms with van der Waals surface area (Å²) in [6, 6.07) is 8.96. The molecule has 0 bridgehead atoms. The molecule has 154 valence electrons. The van der Waals surface area contributed by atoms with Gasteiger partial charge in [-0.3, -0.25) is 9.59 Å². The fourth-order valence-corrected chi connectivity index (χ4v) is 4.15. The third-order valence-corrected chi connectivity index (χ3v) is 6.06. The van der Waals surface area contributed by atoms with Crippen molar-refractivity contribution in [2.45, 2.75) is 18.2 Å². The Morgan fingerprint density at radius 3 is 2.45 bits per heavy atom. The minimum atomic E-state index is -3.68. The highest BCUT2D eigenvalue weighted by Crippen LogP contribution is 2.32. The fourth-order valence-electron chi connectivity index (χ4n) is 2.67.